The summed E-state index contributed by atoms with van der Waals surface area (Å²) in [4.78, 5) is 11.1. The Balaban J connectivity index is 1.99. The molecule has 1 heterocycles. The minimum atomic E-state index is -0.0753. The zero-order chi connectivity index (χ0) is 16.5. The monoisotopic (exact) mass is 324 g/mol. The Hall–Kier alpha value is -1.14. The second-order valence-corrected chi connectivity index (χ2v) is 7.88. The molecular weight excluding hydrogens is 296 g/mol. The third kappa shape index (κ3) is 2.99. The van der Waals surface area contributed by atoms with Crippen LogP contribution >= 0.6 is 11.3 Å². The summed E-state index contributed by atoms with van der Waals surface area (Å²) in [6, 6.07) is 0.357. The second-order valence-electron chi connectivity index (χ2n) is 6.82. The van der Waals surface area contributed by atoms with Gasteiger partial charge in [-0.2, -0.15) is 0 Å². The Morgan fingerprint density at radius 3 is 2.68 bits per heavy atom. The van der Waals surface area contributed by atoms with Crippen LogP contribution in [0.15, 0.2) is 10.4 Å². The van der Waals surface area contributed by atoms with Crippen LogP contribution in [-0.2, 0) is 11.3 Å². The van der Waals surface area contributed by atoms with Gasteiger partial charge in [-0.05, 0) is 20.3 Å². The lowest BCUT2D eigenvalue weighted by atomic mass is 9.56. The van der Waals surface area contributed by atoms with Gasteiger partial charge in [0.2, 0.25) is 0 Å². The molecule has 0 bridgehead atoms. The highest BCUT2D eigenvalue weighted by Gasteiger charge is 2.58. The van der Waals surface area contributed by atoms with Crippen LogP contribution in [0.5, 0.6) is 0 Å². The average Bonchev–Trinajstić information content (AvgIpc) is 2.87. The van der Waals surface area contributed by atoms with Crippen molar-refractivity contribution in [3.05, 3.63) is 16.1 Å². The zero-order valence-electron chi connectivity index (χ0n) is 14.7. The van der Waals surface area contributed by atoms with E-state index in [-0.39, 0.29) is 11.0 Å². The smallest absolute Gasteiger partial charge is 0.193 e. The summed E-state index contributed by atoms with van der Waals surface area (Å²) >= 11 is 1.68. The summed E-state index contributed by atoms with van der Waals surface area (Å²) in [6.45, 7) is 9.46. The van der Waals surface area contributed by atoms with Gasteiger partial charge in [-0.3, -0.25) is 4.99 Å². The molecule has 1 aliphatic rings. The van der Waals surface area contributed by atoms with Gasteiger partial charge >= 0.3 is 0 Å². The Kier molecular flexibility index (Phi) is 4.82. The number of nitrogens with one attached hydrogen (secondary N) is 1. The van der Waals surface area contributed by atoms with E-state index in [1.807, 2.05) is 21.0 Å². The standard InChI is InChI=1S/C16H28N4OS/c1-11-18-12(10-22-11)9-20(6)14(17-5)19-13-8-16(4,21-7)15(13,2)3/h10,13H,8-9H2,1-7H3,(H,17,19). The van der Waals surface area contributed by atoms with Crippen LogP contribution in [0.4, 0.5) is 0 Å². The van der Waals surface area contributed by atoms with Crippen LogP contribution in [0.1, 0.15) is 37.9 Å². The van der Waals surface area contributed by atoms with Crippen LogP contribution < -0.4 is 5.32 Å². The van der Waals surface area contributed by atoms with Gasteiger partial charge < -0.3 is 15.0 Å². The molecule has 22 heavy (non-hydrogen) atoms. The molecule has 1 N–H and O–H groups in total. The number of aryl methyl sites for hydroxylation is 1. The Morgan fingerprint density at radius 2 is 2.23 bits per heavy atom. The number of aromatic nitrogens is 1. The Bertz CT molecular complexity index is 554. The number of thiazole rings is 1. The molecule has 1 saturated carbocycles. The van der Waals surface area contributed by atoms with Crippen LogP contribution in [0.2, 0.25) is 0 Å². The molecule has 0 aromatic carbocycles. The number of ether oxygens (including phenoxy) is 1. The molecule has 0 saturated heterocycles. The maximum atomic E-state index is 5.69. The van der Waals surface area contributed by atoms with Crippen molar-refractivity contribution < 1.29 is 4.74 Å². The molecule has 2 rings (SSSR count). The molecule has 1 aliphatic carbocycles. The minimum absolute atomic E-state index is 0.0652. The van der Waals surface area contributed by atoms with Gasteiger partial charge in [-0.15, -0.1) is 11.3 Å². The van der Waals surface area contributed by atoms with Crippen molar-refractivity contribution >= 4 is 17.3 Å². The zero-order valence-corrected chi connectivity index (χ0v) is 15.5. The summed E-state index contributed by atoms with van der Waals surface area (Å²) in [5, 5.41) is 6.79. The largest absolute Gasteiger partial charge is 0.378 e. The average molecular weight is 324 g/mol. The van der Waals surface area contributed by atoms with Gasteiger partial charge in [0, 0.05) is 38.0 Å². The van der Waals surface area contributed by atoms with E-state index in [2.05, 4.69) is 46.3 Å². The molecular formula is C16H28N4OS. The summed E-state index contributed by atoms with van der Waals surface area (Å²) in [5.74, 6) is 0.905. The van der Waals surface area contributed by atoms with Gasteiger partial charge in [0.25, 0.3) is 0 Å². The van der Waals surface area contributed by atoms with Crippen molar-refractivity contribution in [3.63, 3.8) is 0 Å². The third-order valence-electron chi connectivity index (χ3n) is 5.22. The molecule has 0 aliphatic heterocycles. The van der Waals surface area contributed by atoms with Crippen molar-refractivity contribution in [2.75, 3.05) is 21.2 Å². The number of rotatable bonds is 4. The molecule has 0 spiro atoms. The van der Waals surface area contributed by atoms with E-state index in [4.69, 9.17) is 4.74 Å². The molecule has 124 valence electrons. The fraction of sp³-hybridized carbons (Fsp3) is 0.750. The highest BCUT2D eigenvalue weighted by molar-refractivity contribution is 7.09. The first-order chi connectivity index (χ1) is 10.2. The normalized spacial score (nSPS) is 27.4. The number of aliphatic imine (C=N–C) groups is 1. The fourth-order valence-electron chi connectivity index (χ4n) is 3.02. The lowest BCUT2D eigenvalue weighted by Gasteiger charge is -2.59. The molecule has 1 aromatic rings. The van der Waals surface area contributed by atoms with Crippen LogP contribution in [0, 0.1) is 12.3 Å². The summed E-state index contributed by atoms with van der Waals surface area (Å²) in [7, 11) is 5.67. The van der Waals surface area contributed by atoms with Crippen molar-refractivity contribution in [3.8, 4) is 0 Å². The molecule has 1 fully saturated rings. The van der Waals surface area contributed by atoms with Crippen molar-refractivity contribution in [1.29, 1.82) is 0 Å². The Morgan fingerprint density at radius 1 is 1.55 bits per heavy atom. The minimum Gasteiger partial charge on any atom is -0.378 e. The molecule has 1 aromatic heterocycles. The SMILES string of the molecule is CN=C(NC1CC(C)(OC)C1(C)C)N(C)Cc1csc(C)n1. The van der Waals surface area contributed by atoms with Gasteiger partial charge in [0.15, 0.2) is 5.96 Å². The molecule has 6 heteroatoms. The van der Waals surface area contributed by atoms with E-state index in [1.165, 1.54) is 0 Å². The quantitative estimate of drug-likeness (QED) is 0.683. The van der Waals surface area contributed by atoms with E-state index in [0.717, 1.165) is 29.6 Å². The highest BCUT2D eigenvalue weighted by atomic mass is 32.1. The van der Waals surface area contributed by atoms with Crippen molar-refractivity contribution in [2.24, 2.45) is 10.4 Å². The number of hydrogen-bond donors (Lipinski definition) is 1. The van der Waals surface area contributed by atoms with Gasteiger partial charge in [-0.1, -0.05) is 13.8 Å². The molecule has 0 radical (unpaired) electrons. The van der Waals surface area contributed by atoms with Crippen LogP contribution in [0.3, 0.4) is 0 Å². The van der Waals surface area contributed by atoms with E-state index in [1.54, 1.807) is 18.4 Å². The van der Waals surface area contributed by atoms with Crippen molar-refractivity contribution in [1.82, 2.24) is 15.2 Å². The first-order valence-electron chi connectivity index (χ1n) is 7.64. The van der Waals surface area contributed by atoms with Gasteiger partial charge in [-0.25, -0.2) is 4.98 Å². The van der Waals surface area contributed by atoms with E-state index < -0.39 is 0 Å². The number of nitrogens with zero attached hydrogens (tertiary/aromatic N) is 3. The topological polar surface area (TPSA) is 49.8 Å². The van der Waals surface area contributed by atoms with Crippen molar-refractivity contribution in [2.45, 2.75) is 52.3 Å². The first-order valence-corrected chi connectivity index (χ1v) is 8.52. The molecule has 2 atom stereocenters. The maximum Gasteiger partial charge on any atom is 0.193 e. The second kappa shape index (κ2) is 6.16. The Labute approximate surface area is 137 Å². The summed E-state index contributed by atoms with van der Waals surface area (Å²) < 4.78 is 5.69. The molecule has 5 nitrogen and oxygen atoms in total. The molecule has 0 amide bonds. The fourth-order valence-corrected chi connectivity index (χ4v) is 3.63. The highest BCUT2D eigenvalue weighted by Crippen LogP contribution is 2.51. The number of hydrogen-bond acceptors (Lipinski definition) is 4. The summed E-state index contributed by atoms with van der Waals surface area (Å²) in [6.07, 6.45) is 0.985. The maximum absolute atomic E-state index is 5.69. The predicted octanol–water partition coefficient (Wildman–Crippen LogP) is 2.66. The van der Waals surface area contributed by atoms with Crippen LogP contribution in [-0.4, -0.2) is 48.7 Å². The van der Waals surface area contributed by atoms with E-state index in [0.29, 0.717) is 6.04 Å². The number of methoxy groups -OCH3 is 1. The lowest BCUT2D eigenvalue weighted by molar-refractivity contribution is -0.176. The first kappa shape index (κ1) is 17.2. The van der Waals surface area contributed by atoms with E-state index >= 15 is 0 Å². The predicted molar refractivity (Wildman–Crippen MR) is 92.4 cm³/mol. The number of guanidine groups is 1. The molecule has 2 unspecified atom stereocenters. The third-order valence-corrected chi connectivity index (χ3v) is 6.04. The van der Waals surface area contributed by atoms with Crippen LogP contribution in [0.25, 0.3) is 0 Å². The van der Waals surface area contributed by atoms with E-state index in [9.17, 15) is 0 Å². The van der Waals surface area contributed by atoms with Gasteiger partial charge in [0.05, 0.1) is 22.8 Å². The van der Waals surface area contributed by atoms with Gasteiger partial charge in [0.1, 0.15) is 0 Å². The lowest BCUT2D eigenvalue weighted by Crippen LogP contribution is -2.69. The summed E-state index contributed by atoms with van der Waals surface area (Å²) in [5.41, 5.74) is 1.08.